The lowest BCUT2D eigenvalue weighted by molar-refractivity contribution is 0.0988. The summed E-state index contributed by atoms with van der Waals surface area (Å²) < 4.78 is 1.44. The highest BCUT2D eigenvalue weighted by Crippen LogP contribution is 2.37. The molecule has 5 heterocycles. The Balaban J connectivity index is 1.70. The smallest absolute Gasteiger partial charge is 0.263 e. The zero-order valence-corrected chi connectivity index (χ0v) is 16.4. The molecule has 3 aromatic heterocycles. The van der Waals surface area contributed by atoms with Crippen molar-refractivity contribution in [2.75, 3.05) is 35.3 Å². The van der Waals surface area contributed by atoms with Crippen molar-refractivity contribution in [2.24, 2.45) is 7.05 Å². The minimum absolute atomic E-state index is 0.149. The molecule has 1 amide bonds. The van der Waals surface area contributed by atoms with Crippen LogP contribution in [0.3, 0.4) is 0 Å². The number of carbonyl (C=O) groups is 1. The van der Waals surface area contributed by atoms with E-state index in [1.165, 1.54) is 22.2 Å². The van der Waals surface area contributed by atoms with E-state index < -0.39 is 0 Å². The first-order chi connectivity index (χ1) is 13.6. The molecule has 0 bridgehead atoms. The van der Waals surface area contributed by atoms with Crippen LogP contribution < -0.4 is 20.7 Å². The van der Waals surface area contributed by atoms with Gasteiger partial charge in [0.25, 0.3) is 11.5 Å². The minimum atomic E-state index is -0.183. The first-order valence-electron chi connectivity index (χ1n) is 9.14. The minimum Gasteiger partial charge on any atom is -0.357 e. The number of rotatable bonds is 2. The van der Waals surface area contributed by atoms with Gasteiger partial charge in [0, 0.05) is 44.8 Å². The van der Waals surface area contributed by atoms with Gasteiger partial charge in [-0.15, -0.1) is 11.3 Å². The molecule has 2 aliphatic heterocycles. The van der Waals surface area contributed by atoms with Crippen LogP contribution in [0.15, 0.2) is 22.7 Å². The van der Waals surface area contributed by atoms with Crippen molar-refractivity contribution in [3.8, 4) is 0 Å². The van der Waals surface area contributed by atoms with E-state index in [0.29, 0.717) is 39.8 Å². The summed E-state index contributed by atoms with van der Waals surface area (Å²) in [5, 5.41) is 5.29. The predicted octanol–water partition coefficient (Wildman–Crippen LogP) is 1.46. The van der Waals surface area contributed by atoms with Gasteiger partial charge < -0.3 is 19.7 Å². The van der Waals surface area contributed by atoms with Crippen LogP contribution >= 0.6 is 11.3 Å². The number of nitrogens with one attached hydrogen (secondary N) is 1. The van der Waals surface area contributed by atoms with Crippen LogP contribution in [0.4, 0.5) is 17.5 Å². The average molecular weight is 397 g/mol. The summed E-state index contributed by atoms with van der Waals surface area (Å²) in [6, 6.07) is 0.153. The third kappa shape index (κ3) is 2.40. The lowest BCUT2D eigenvalue weighted by Gasteiger charge is -2.26. The highest BCUT2D eigenvalue weighted by Gasteiger charge is 2.38. The summed E-state index contributed by atoms with van der Waals surface area (Å²) in [6.45, 7) is 1.36. The van der Waals surface area contributed by atoms with Gasteiger partial charge in [0.15, 0.2) is 0 Å². The summed E-state index contributed by atoms with van der Waals surface area (Å²) in [4.78, 5) is 43.9. The molecule has 0 spiro atoms. The molecule has 0 aromatic carbocycles. The third-order valence-electron chi connectivity index (χ3n) is 5.44. The molecular weight excluding hydrogens is 378 g/mol. The average Bonchev–Trinajstić information content (AvgIpc) is 3.33. The Morgan fingerprint density at radius 1 is 1.29 bits per heavy atom. The van der Waals surface area contributed by atoms with E-state index in [2.05, 4.69) is 25.2 Å². The predicted molar refractivity (Wildman–Crippen MR) is 108 cm³/mol. The fourth-order valence-electron chi connectivity index (χ4n) is 4.02. The Morgan fingerprint density at radius 2 is 2.14 bits per heavy atom. The van der Waals surface area contributed by atoms with Crippen molar-refractivity contribution >= 4 is 44.9 Å². The molecule has 144 valence electrons. The molecular formula is C18H19N7O2S. The van der Waals surface area contributed by atoms with Crippen LogP contribution in [-0.4, -0.2) is 51.6 Å². The summed E-state index contributed by atoms with van der Waals surface area (Å²) in [5.74, 6) is 0.974. The summed E-state index contributed by atoms with van der Waals surface area (Å²) in [7, 11) is 3.43. The molecule has 0 saturated carbocycles. The number of hydrogen-bond donors (Lipinski definition) is 1. The third-order valence-corrected chi connectivity index (χ3v) is 6.31. The van der Waals surface area contributed by atoms with Crippen LogP contribution in [0.2, 0.25) is 0 Å². The van der Waals surface area contributed by atoms with E-state index >= 15 is 0 Å². The lowest BCUT2D eigenvalue weighted by Crippen LogP contribution is -2.40. The zero-order valence-electron chi connectivity index (χ0n) is 15.5. The van der Waals surface area contributed by atoms with Crippen LogP contribution in [0.25, 0.3) is 10.2 Å². The van der Waals surface area contributed by atoms with E-state index in [1.54, 1.807) is 25.2 Å². The molecule has 5 rings (SSSR count). The van der Waals surface area contributed by atoms with Crippen molar-refractivity contribution in [3.63, 3.8) is 0 Å². The molecule has 1 fully saturated rings. The second-order valence-corrected chi connectivity index (χ2v) is 7.91. The number of amides is 1. The molecule has 1 saturated heterocycles. The highest BCUT2D eigenvalue weighted by molar-refractivity contribution is 7.17. The second-order valence-electron chi connectivity index (χ2n) is 7.05. The van der Waals surface area contributed by atoms with E-state index in [9.17, 15) is 9.59 Å². The molecule has 1 N–H and O–H groups in total. The molecule has 0 unspecified atom stereocenters. The van der Waals surface area contributed by atoms with Gasteiger partial charge in [-0.3, -0.25) is 9.59 Å². The van der Waals surface area contributed by atoms with Gasteiger partial charge in [0.1, 0.15) is 21.6 Å². The Kier molecular flexibility index (Phi) is 3.83. The van der Waals surface area contributed by atoms with Crippen LogP contribution in [0.5, 0.6) is 0 Å². The first-order valence-corrected chi connectivity index (χ1v) is 10.0. The van der Waals surface area contributed by atoms with Gasteiger partial charge in [-0.25, -0.2) is 9.97 Å². The Hall–Kier alpha value is -3.01. The first kappa shape index (κ1) is 17.1. The molecule has 1 atom stereocenters. The number of hydrogen-bond acceptors (Lipinski definition) is 8. The number of aryl methyl sites for hydroxylation is 1. The van der Waals surface area contributed by atoms with Crippen molar-refractivity contribution in [1.29, 1.82) is 0 Å². The quantitative estimate of drug-likeness (QED) is 0.699. The van der Waals surface area contributed by atoms with Crippen molar-refractivity contribution < 1.29 is 4.79 Å². The molecule has 28 heavy (non-hydrogen) atoms. The normalized spacial score (nSPS) is 18.9. The van der Waals surface area contributed by atoms with Gasteiger partial charge >= 0.3 is 0 Å². The fourth-order valence-corrected chi connectivity index (χ4v) is 4.90. The number of carbonyl (C=O) groups excluding carboxylic acids is 1. The van der Waals surface area contributed by atoms with Gasteiger partial charge in [0.05, 0.1) is 12.0 Å². The van der Waals surface area contributed by atoms with E-state index in [-0.39, 0.29) is 17.5 Å². The maximum atomic E-state index is 13.5. The van der Waals surface area contributed by atoms with Gasteiger partial charge in [-0.2, -0.15) is 4.98 Å². The standard InChI is InChI=1S/C18H19N7O2S/c1-19-18-20-6-11-14(22-18)24-5-3-4-10(24)7-25(16(11)26)12-8-28-15-13(12)17(27)23(2)9-21-15/h6,8-10H,3-5,7H2,1-2H3,(H,19,20,22)/t10-/m0/s1. The number of fused-ring (bicyclic) bond motifs is 4. The molecule has 10 heteroatoms. The second kappa shape index (κ2) is 6.26. The molecule has 3 aromatic rings. The zero-order chi connectivity index (χ0) is 19.4. The van der Waals surface area contributed by atoms with E-state index in [4.69, 9.17) is 0 Å². The fraction of sp³-hybridized carbons (Fsp3) is 0.389. The van der Waals surface area contributed by atoms with Crippen LogP contribution in [-0.2, 0) is 7.05 Å². The Labute approximate surface area is 164 Å². The van der Waals surface area contributed by atoms with Crippen LogP contribution in [0, 0.1) is 0 Å². The summed E-state index contributed by atoms with van der Waals surface area (Å²) in [6.07, 6.45) is 5.10. The SMILES string of the molecule is CNc1ncc2c(n1)N1CCC[C@H]1CN(c1csc3ncn(C)c(=O)c13)C2=O. The van der Waals surface area contributed by atoms with Crippen molar-refractivity contribution in [1.82, 2.24) is 19.5 Å². The highest BCUT2D eigenvalue weighted by atomic mass is 32.1. The maximum absolute atomic E-state index is 13.5. The lowest BCUT2D eigenvalue weighted by atomic mass is 10.2. The maximum Gasteiger partial charge on any atom is 0.263 e. The van der Waals surface area contributed by atoms with Crippen LogP contribution in [0.1, 0.15) is 23.2 Å². The Bertz CT molecular complexity index is 1150. The number of nitrogens with zero attached hydrogens (tertiary/aromatic N) is 6. The molecule has 0 radical (unpaired) electrons. The van der Waals surface area contributed by atoms with E-state index in [1.807, 2.05) is 5.38 Å². The largest absolute Gasteiger partial charge is 0.357 e. The molecule has 0 aliphatic carbocycles. The van der Waals surface area contributed by atoms with E-state index in [0.717, 1.165) is 19.4 Å². The van der Waals surface area contributed by atoms with Crippen molar-refractivity contribution in [2.45, 2.75) is 18.9 Å². The van der Waals surface area contributed by atoms with Gasteiger partial charge in [0.2, 0.25) is 5.95 Å². The summed E-state index contributed by atoms with van der Waals surface area (Å²) >= 11 is 1.38. The number of aromatic nitrogens is 4. The van der Waals surface area contributed by atoms with Gasteiger partial charge in [-0.05, 0) is 12.8 Å². The topological polar surface area (TPSA) is 96.2 Å². The number of thiophene rings is 1. The number of anilines is 3. The summed E-state index contributed by atoms with van der Waals surface area (Å²) in [5.41, 5.74) is 0.933. The molecule has 2 aliphatic rings. The monoisotopic (exact) mass is 397 g/mol. The van der Waals surface area contributed by atoms with Crippen molar-refractivity contribution in [3.05, 3.63) is 33.8 Å². The Morgan fingerprint density at radius 3 is 2.96 bits per heavy atom. The molecule has 9 nitrogen and oxygen atoms in total. The van der Waals surface area contributed by atoms with Gasteiger partial charge in [-0.1, -0.05) is 0 Å².